The van der Waals surface area contributed by atoms with Crippen molar-refractivity contribution in [1.82, 2.24) is 0 Å². The highest BCUT2D eigenvalue weighted by atomic mass is 16.6. The van der Waals surface area contributed by atoms with Gasteiger partial charge in [-0.3, -0.25) is 14.9 Å². The highest BCUT2D eigenvalue weighted by molar-refractivity contribution is 5.75. The third-order valence-electron chi connectivity index (χ3n) is 2.42. The molecule has 1 rings (SSSR count). The topological polar surface area (TPSA) is 119 Å². The maximum Gasteiger partial charge on any atom is 0.310 e. The van der Waals surface area contributed by atoms with Gasteiger partial charge in [-0.15, -0.1) is 0 Å². The minimum atomic E-state index is -0.665. The van der Waals surface area contributed by atoms with E-state index < -0.39 is 10.9 Å². The van der Waals surface area contributed by atoms with Crippen molar-refractivity contribution < 1.29 is 14.5 Å². The molecule has 0 radical (unpaired) electrons. The lowest BCUT2D eigenvalue weighted by molar-refractivity contribution is -0.385. The monoisotopic (exact) mass is 249 g/mol. The average Bonchev–Trinajstić information content (AvgIpc) is 2.37. The fourth-order valence-electron chi connectivity index (χ4n) is 1.55. The van der Waals surface area contributed by atoms with Crippen molar-refractivity contribution in [1.29, 1.82) is 5.26 Å². The van der Waals surface area contributed by atoms with Crippen LogP contribution in [0.2, 0.25) is 0 Å². The van der Waals surface area contributed by atoms with E-state index in [9.17, 15) is 14.9 Å². The van der Waals surface area contributed by atoms with E-state index in [0.29, 0.717) is 0 Å². The summed E-state index contributed by atoms with van der Waals surface area (Å²) in [5, 5.41) is 20.0. The van der Waals surface area contributed by atoms with Gasteiger partial charge in [0.25, 0.3) is 5.69 Å². The molecule has 1 aromatic carbocycles. The average molecular weight is 249 g/mol. The number of methoxy groups -OCH3 is 1. The number of benzene rings is 1. The molecule has 1 aromatic rings. The molecule has 0 heterocycles. The smallest absolute Gasteiger partial charge is 0.310 e. The second-order valence-electron chi connectivity index (χ2n) is 3.43. The van der Waals surface area contributed by atoms with Crippen LogP contribution in [0.15, 0.2) is 12.1 Å². The maximum absolute atomic E-state index is 11.2. The summed E-state index contributed by atoms with van der Waals surface area (Å²) in [6, 6.07) is 4.66. The Hall–Kier alpha value is -2.46. The van der Waals surface area contributed by atoms with Crippen molar-refractivity contribution in [3.05, 3.63) is 38.9 Å². The van der Waals surface area contributed by atoms with Crippen molar-refractivity contribution in [3.8, 4) is 6.07 Å². The number of hydrogen-bond donors (Lipinski definition) is 1. The highest BCUT2D eigenvalue weighted by Crippen LogP contribution is 2.26. The second-order valence-corrected chi connectivity index (χ2v) is 3.43. The predicted molar refractivity (Wildman–Crippen MR) is 61.4 cm³/mol. The zero-order valence-corrected chi connectivity index (χ0v) is 9.67. The van der Waals surface area contributed by atoms with Gasteiger partial charge in [-0.25, -0.2) is 0 Å². The quantitative estimate of drug-likeness (QED) is 0.475. The molecular weight excluding hydrogens is 238 g/mol. The summed E-state index contributed by atoms with van der Waals surface area (Å²) in [6.45, 7) is -0.0521. The van der Waals surface area contributed by atoms with Gasteiger partial charge in [0.2, 0.25) is 0 Å². The minimum Gasteiger partial charge on any atom is -0.469 e. The normalized spacial score (nSPS) is 9.61. The van der Waals surface area contributed by atoms with Crippen molar-refractivity contribution in [2.45, 2.75) is 13.0 Å². The number of ether oxygens (including phenoxy) is 1. The number of nitrogens with zero attached hydrogens (tertiary/aromatic N) is 2. The summed E-state index contributed by atoms with van der Waals surface area (Å²) in [5.41, 5.74) is 5.41. The molecule has 2 N–H and O–H groups in total. The van der Waals surface area contributed by atoms with Crippen molar-refractivity contribution in [3.63, 3.8) is 0 Å². The molecule has 0 aromatic heterocycles. The minimum absolute atomic E-state index is 0.0521. The summed E-state index contributed by atoms with van der Waals surface area (Å²) in [6.07, 6.45) is -0.189. The van der Waals surface area contributed by atoms with E-state index in [-0.39, 0.29) is 35.3 Å². The first-order valence-electron chi connectivity index (χ1n) is 5.01. The lowest BCUT2D eigenvalue weighted by Gasteiger charge is -2.06. The third-order valence-corrected chi connectivity index (χ3v) is 2.42. The van der Waals surface area contributed by atoms with E-state index >= 15 is 0 Å². The molecule has 0 aliphatic rings. The van der Waals surface area contributed by atoms with Crippen LogP contribution in [-0.4, -0.2) is 18.0 Å². The number of esters is 1. The van der Waals surface area contributed by atoms with Gasteiger partial charge in [0, 0.05) is 12.1 Å². The molecule has 7 nitrogen and oxygen atoms in total. The Morgan fingerprint density at radius 3 is 2.61 bits per heavy atom. The first-order valence-corrected chi connectivity index (χ1v) is 5.01. The van der Waals surface area contributed by atoms with E-state index in [1.165, 1.54) is 19.2 Å². The van der Waals surface area contributed by atoms with Gasteiger partial charge in [0.1, 0.15) is 11.6 Å². The van der Waals surface area contributed by atoms with Crippen LogP contribution in [0.4, 0.5) is 5.69 Å². The van der Waals surface area contributed by atoms with Crippen LogP contribution in [0.3, 0.4) is 0 Å². The number of nitro benzene ring substituents is 1. The van der Waals surface area contributed by atoms with Crippen molar-refractivity contribution >= 4 is 11.7 Å². The van der Waals surface area contributed by atoms with Crippen LogP contribution in [0, 0.1) is 21.4 Å². The van der Waals surface area contributed by atoms with Gasteiger partial charge in [-0.05, 0) is 5.56 Å². The first-order chi connectivity index (χ1) is 8.54. The SMILES string of the molecule is COC(=O)Cc1ccc(CN)c([N+](=O)[O-])c1C#N. The molecule has 94 valence electrons. The predicted octanol–water partition coefficient (Wildman–Crippen LogP) is 0.641. The van der Waals surface area contributed by atoms with Gasteiger partial charge < -0.3 is 10.5 Å². The molecule has 0 amide bonds. The van der Waals surface area contributed by atoms with Crippen LogP contribution >= 0.6 is 0 Å². The molecule has 0 aliphatic heterocycles. The fraction of sp³-hybridized carbons (Fsp3) is 0.273. The Kier molecular flexibility index (Phi) is 4.34. The Morgan fingerprint density at radius 1 is 1.56 bits per heavy atom. The standard InChI is InChI=1S/C11H11N3O4/c1-18-10(15)4-7-2-3-8(5-12)11(14(16)17)9(7)6-13/h2-3H,4-5,12H2,1H3. The van der Waals surface area contributed by atoms with Gasteiger partial charge in [0.05, 0.1) is 18.5 Å². The van der Waals surface area contributed by atoms with E-state index in [4.69, 9.17) is 11.0 Å². The molecule has 0 unspecified atom stereocenters. The number of carbonyl (C=O) groups is 1. The first kappa shape index (κ1) is 13.6. The fourth-order valence-corrected chi connectivity index (χ4v) is 1.55. The van der Waals surface area contributed by atoms with Crippen LogP contribution in [0.5, 0.6) is 0 Å². The number of nitriles is 1. The number of nitro groups is 1. The summed E-state index contributed by atoms with van der Waals surface area (Å²) >= 11 is 0. The summed E-state index contributed by atoms with van der Waals surface area (Å²) < 4.78 is 4.47. The van der Waals surface area contributed by atoms with E-state index in [1.54, 1.807) is 6.07 Å². The Bertz CT molecular complexity index is 534. The lowest BCUT2D eigenvalue weighted by Crippen LogP contribution is -2.10. The number of carbonyl (C=O) groups excluding carboxylic acids is 1. The second kappa shape index (κ2) is 5.75. The Labute approximate surface area is 103 Å². The zero-order chi connectivity index (χ0) is 13.7. The molecule has 0 aliphatic carbocycles. The van der Waals surface area contributed by atoms with Crippen molar-refractivity contribution in [2.75, 3.05) is 7.11 Å². The summed E-state index contributed by atoms with van der Waals surface area (Å²) in [5.74, 6) is -0.568. The summed E-state index contributed by atoms with van der Waals surface area (Å²) in [7, 11) is 1.21. The molecule has 7 heteroatoms. The van der Waals surface area contributed by atoms with E-state index in [2.05, 4.69) is 4.74 Å². The molecule has 0 atom stereocenters. The van der Waals surface area contributed by atoms with E-state index in [0.717, 1.165) is 0 Å². The van der Waals surface area contributed by atoms with Crippen LogP contribution in [0.25, 0.3) is 0 Å². The molecular formula is C11H11N3O4. The number of rotatable bonds is 4. The Balaban J connectivity index is 3.39. The lowest BCUT2D eigenvalue weighted by atomic mass is 9.99. The highest BCUT2D eigenvalue weighted by Gasteiger charge is 2.23. The molecule has 18 heavy (non-hydrogen) atoms. The zero-order valence-electron chi connectivity index (χ0n) is 9.67. The summed E-state index contributed by atoms with van der Waals surface area (Å²) in [4.78, 5) is 21.4. The van der Waals surface area contributed by atoms with Gasteiger partial charge in [0.15, 0.2) is 0 Å². The van der Waals surface area contributed by atoms with Gasteiger partial charge in [-0.1, -0.05) is 12.1 Å². The van der Waals surface area contributed by atoms with Gasteiger partial charge in [-0.2, -0.15) is 5.26 Å². The third kappa shape index (κ3) is 2.61. The largest absolute Gasteiger partial charge is 0.469 e. The molecule has 0 saturated carbocycles. The van der Waals surface area contributed by atoms with Crippen LogP contribution < -0.4 is 5.73 Å². The van der Waals surface area contributed by atoms with Crippen molar-refractivity contribution in [2.24, 2.45) is 5.73 Å². The number of nitrogens with two attached hydrogens (primary N) is 1. The maximum atomic E-state index is 11.2. The molecule has 0 spiro atoms. The van der Waals surface area contributed by atoms with Gasteiger partial charge >= 0.3 is 5.97 Å². The van der Waals surface area contributed by atoms with E-state index in [1.807, 2.05) is 0 Å². The Morgan fingerprint density at radius 2 is 2.17 bits per heavy atom. The molecule has 0 bridgehead atoms. The molecule has 0 saturated heterocycles. The van der Waals surface area contributed by atoms with Crippen LogP contribution in [0.1, 0.15) is 16.7 Å². The van der Waals surface area contributed by atoms with Crippen LogP contribution in [-0.2, 0) is 22.5 Å². The molecule has 0 fully saturated rings. The number of hydrogen-bond acceptors (Lipinski definition) is 6.